The molecule has 3 fully saturated rings. The largest absolute Gasteiger partial charge is 0.534 e. The van der Waals surface area contributed by atoms with Gasteiger partial charge in [-0.3, -0.25) is 0 Å². The summed E-state index contributed by atoms with van der Waals surface area (Å²) in [5, 5.41) is 0.189. The van der Waals surface area contributed by atoms with Gasteiger partial charge in [-0.2, -0.15) is 21.6 Å². The van der Waals surface area contributed by atoms with Crippen LogP contribution in [0.25, 0.3) is 0 Å². The van der Waals surface area contributed by atoms with Crippen LogP contribution in [0.3, 0.4) is 0 Å². The summed E-state index contributed by atoms with van der Waals surface area (Å²) >= 11 is 0. The Balaban J connectivity index is 1.48. The highest BCUT2D eigenvalue weighted by Crippen LogP contribution is 2.66. The van der Waals surface area contributed by atoms with Crippen molar-refractivity contribution in [1.82, 2.24) is 0 Å². The number of hydrogen-bond donors (Lipinski definition) is 0. The maximum atomic E-state index is 13.0. The first-order valence-electron chi connectivity index (χ1n) is 13.2. The van der Waals surface area contributed by atoms with Crippen LogP contribution in [0.1, 0.15) is 86.0 Å². The van der Waals surface area contributed by atoms with E-state index in [0.717, 1.165) is 38.5 Å². The van der Waals surface area contributed by atoms with Gasteiger partial charge in [-0.25, -0.2) is 0 Å². The van der Waals surface area contributed by atoms with Crippen LogP contribution in [0.4, 0.5) is 13.2 Å². The van der Waals surface area contributed by atoms with Gasteiger partial charge in [0.05, 0.1) is 0 Å². The van der Waals surface area contributed by atoms with Crippen molar-refractivity contribution in [3.63, 3.8) is 0 Å². The van der Waals surface area contributed by atoms with Crippen molar-refractivity contribution in [2.24, 2.45) is 34.5 Å². The van der Waals surface area contributed by atoms with Crippen molar-refractivity contribution in [2.75, 3.05) is 0 Å². The lowest BCUT2D eigenvalue weighted by molar-refractivity contribution is -0.119. The van der Waals surface area contributed by atoms with E-state index in [-0.39, 0.29) is 22.1 Å². The van der Waals surface area contributed by atoms with Crippen molar-refractivity contribution >= 4 is 18.4 Å². The normalized spacial score (nSPS) is 40.4. The molecule has 0 aromatic heterocycles. The molecule has 4 rings (SSSR count). The first-order valence-corrected chi connectivity index (χ1v) is 17.5. The Hall–Kier alpha value is -0.543. The van der Waals surface area contributed by atoms with E-state index in [4.69, 9.17) is 8.61 Å². The van der Waals surface area contributed by atoms with E-state index in [0.29, 0.717) is 36.7 Å². The molecule has 4 aliphatic carbocycles. The maximum absolute atomic E-state index is 13.0. The topological polar surface area (TPSA) is 52.6 Å². The second-order valence-corrected chi connectivity index (χ2v) is 20.0. The fourth-order valence-electron chi connectivity index (χ4n) is 7.74. The first-order chi connectivity index (χ1) is 15.8. The molecule has 35 heavy (non-hydrogen) atoms. The van der Waals surface area contributed by atoms with E-state index in [2.05, 4.69) is 40.8 Å². The zero-order valence-electron chi connectivity index (χ0n) is 22.3. The Morgan fingerprint density at radius 2 is 1.66 bits per heavy atom. The Labute approximate surface area is 210 Å². The molecule has 0 radical (unpaired) electrons. The van der Waals surface area contributed by atoms with Gasteiger partial charge in [0.2, 0.25) is 0 Å². The highest BCUT2D eigenvalue weighted by molar-refractivity contribution is 7.87. The predicted octanol–water partition coefficient (Wildman–Crippen LogP) is 7.78. The van der Waals surface area contributed by atoms with Gasteiger partial charge in [0.15, 0.2) is 8.32 Å². The summed E-state index contributed by atoms with van der Waals surface area (Å²) in [5.74, 6) is 1.65. The monoisotopic (exact) mass is 536 g/mol. The lowest BCUT2D eigenvalue weighted by atomic mass is 9.45. The minimum absolute atomic E-state index is 0.0111. The molecule has 0 bridgehead atoms. The van der Waals surface area contributed by atoms with Crippen molar-refractivity contribution in [3.8, 4) is 0 Å². The molecule has 0 amide bonds. The molecule has 0 aliphatic heterocycles. The SMILES string of the molecule is CC(C)(C)[Si](C)(C)O[C@H]1CC[C@@]2(C)[C@@H](CC[C@@H]3[C@@H]2CC[C@]2(C)C(OS(=O)(=O)C(F)(F)F)=CC[C@@H]32)C1. The van der Waals surface area contributed by atoms with Gasteiger partial charge in [-0.1, -0.05) is 34.6 Å². The molecule has 0 aromatic rings. The van der Waals surface area contributed by atoms with Gasteiger partial charge in [-0.05, 0) is 105 Å². The van der Waals surface area contributed by atoms with Gasteiger partial charge in [0.1, 0.15) is 5.76 Å². The lowest BCUT2D eigenvalue weighted by Gasteiger charge is -2.61. The molecular weight excluding hydrogens is 493 g/mol. The lowest BCUT2D eigenvalue weighted by Crippen LogP contribution is -2.55. The third-order valence-corrected chi connectivity index (χ3v) is 16.4. The molecule has 4 nitrogen and oxygen atoms in total. The molecule has 0 N–H and O–H groups in total. The maximum Gasteiger partial charge on any atom is 0.534 e. The third kappa shape index (κ3) is 4.53. The molecule has 0 saturated heterocycles. The molecule has 3 saturated carbocycles. The molecule has 0 heterocycles. The van der Waals surface area contributed by atoms with Crippen molar-refractivity contribution in [2.45, 2.75) is 116 Å². The number of hydrogen-bond acceptors (Lipinski definition) is 4. The Morgan fingerprint density at radius 3 is 2.26 bits per heavy atom. The molecule has 4 aliphatic rings. The summed E-state index contributed by atoms with van der Waals surface area (Å²) in [7, 11) is -7.47. The van der Waals surface area contributed by atoms with E-state index in [9.17, 15) is 21.6 Å². The van der Waals surface area contributed by atoms with E-state index >= 15 is 0 Å². The van der Waals surface area contributed by atoms with E-state index in [1.54, 1.807) is 6.08 Å². The van der Waals surface area contributed by atoms with Crippen LogP contribution in [0, 0.1) is 34.5 Å². The minimum atomic E-state index is -5.64. The average molecular weight is 537 g/mol. The van der Waals surface area contributed by atoms with Crippen LogP contribution >= 0.6 is 0 Å². The van der Waals surface area contributed by atoms with Crippen LogP contribution in [0.2, 0.25) is 18.1 Å². The van der Waals surface area contributed by atoms with Crippen LogP contribution in [-0.2, 0) is 18.7 Å². The molecular formula is C26H43F3O4SSi. The molecule has 0 spiro atoms. The minimum Gasteiger partial charge on any atom is -0.414 e. The first kappa shape index (κ1) is 27.5. The van der Waals surface area contributed by atoms with Crippen LogP contribution < -0.4 is 0 Å². The number of fused-ring (bicyclic) bond motifs is 5. The summed E-state index contributed by atoms with van der Waals surface area (Å²) < 4.78 is 74.0. The average Bonchev–Trinajstić information content (AvgIpc) is 3.02. The fraction of sp³-hybridized carbons (Fsp3) is 0.923. The number of halogens is 3. The highest BCUT2D eigenvalue weighted by Gasteiger charge is 2.61. The van der Waals surface area contributed by atoms with Gasteiger partial charge in [0, 0.05) is 11.5 Å². The summed E-state index contributed by atoms with van der Waals surface area (Å²) in [4.78, 5) is 0. The summed E-state index contributed by atoms with van der Waals surface area (Å²) in [5.41, 5.74) is -5.85. The summed E-state index contributed by atoms with van der Waals surface area (Å²) in [6.07, 6.45) is 9.57. The summed E-state index contributed by atoms with van der Waals surface area (Å²) in [6, 6.07) is 0. The van der Waals surface area contributed by atoms with E-state index in [1.807, 2.05) is 6.92 Å². The molecule has 9 heteroatoms. The van der Waals surface area contributed by atoms with Crippen LogP contribution in [0.5, 0.6) is 0 Å². The number of alkyl halides is 3. The standard InChI is InChI=1S/C26H43F3O4SSi/c1-23(2,3)35(6,7)33-18-12-14-24(4)17(16-18)8-9-19-20-10-11-22(25(20,5)15-13-21(19)24)32-34(30,31)26(27,28)29/h11,17-21H,8-10,12-16H2,1-7H3/t17-,18-,19-,20-,21-,24-,25-/m0/s1. The Kier molecular flexibility index (Phi) is 6.66. The van der Waals surface area contributed by atoms with Gasteiger partial charge >= 0.3 is 15.6 Å². The number of rotatable bonds is 4. The summed E-state index contributed by atoms with van der Waals surface area (Å²) in [6.45, 7) is 15.8. The quantitative estimate of drug-likeness (QED) is 0.209. The molecule has 0 unspecified atom stereocenters. The second kappa shape index (κ2) is 8.48. The Bertz CT molecular complexity index is 970. The highest BCUT2D eigenvalue weighted by atomic mass is 32.2. The second-order valence-electron chi connectivity index (χ2n) is 13.7. The molecule has 202 valence electrons. The Morgan fingerprint density at radius 1 is 1.00 bits per heavy atom. The molecule has 0 aromatic carbocycles. The third-order valence-electron chi connectivity index (χ3n) is 10.9. The zero-order valence-corrected chi connectivity index (χ0v) is 24.1. The van der Waals surface area contributed by atoms with E-state index < -0.39 is 29.4 Å². The van der Waals surface area contributed by atoms with Crippen molar-refractivity contribution < 1.29 is 30.2 Å². The zero-order chi connectivity index (χ0) is 26.2. The van der Waals surface area contributed by atoms with E-state index in [1.165, 1.54) is 0 Å². The van der Waals surface area contributed by atoms with Crippen molar-refractivity contribution in [1.29, 1.82) is 0 Å². The van der Waals surface area contributed by atoms with Gasteiger partial charge < -0.3 is 8.61 Å². The van der Waals surface area contributed by atoms with Crippen LogP contribution in [-0.4, -0.2) is 28.3 Å². The van der Waals surface area contributed by atoms with Crippen LogP contribution in [0.15, 0.2) is 11.8 Å². The van der Waals surface area contributed by atoms with Gasteiger partial charge in [0.25, 0.3) is 0 Å². The smallest absolute Gasteiger partial charge is 0.414 e. The van der Waals surface area contributed by atoms with Crippen molar-refractivity contribution in [3.05, 3.63) is 11.8 Å². The fourth-order valence-corrected chi connectivity index (χ4v) is 9.73. The predicted molar refractivity (Wildman–Crippen MR) is 133 cm³/mol. The molecule has 7 atom stereocenters. The van der Waals surface area contributed by atoms with Gasteiger partial charge in [-0.15, -0.1) is 0 Å². The number of allylic oxidation sites excluding steroid dienone is 2.